The molecule has 6 heteroatoms. The van der Waals surface area contributed by atoms with Gasteiger partial charge in [0.05, 0.1) is 11.3 Å². The highest BCUT2D eigenvalue weighted by molar-refractivity contribution is 6.31. The first-order valence-corrected chi connectivity index (χ1v) is 9.33. The van der Waals surface area contributed by atoms with Crippen LogP contribution in [0.15, 0.2) is 47.3 Å². The smallest absolute Gasteiger partial charge is 0.255 e. The molecule has 27 heavy (non-hydrogen) atoms. The van der Waals surface area contributed by atoms with E-state index >= 15 is 0 Å². The molecule has 1 aliphatic heterocycles. The zero-order valence-electron chi connectivity index (χ0n) is 15.1. The molecule has 2 heterocycles. The molecule has 0 aliphatic carbocycles. The summed E-state index contributed by atoms with van der Waals surface area (Å²) in [6.07, 6.45) is 0.751. The average molecular weight is 381 g/mol. The Morgan fingerprint density at radius 3 is 2.74 bits per heavy atom. The molecule has 0 saturated heterocycles. The van der Waals surface area contributed by atoms with E-state index in [1.807, 2.05) is 43.3 Å². The summed E-state index contributed by atoms with van der Waals surface area (Å²) in [5, 5.41) is 0.776. The number of H-pyrrole nitrogens is 1. The minimum Gasteiger partial charge on any atom is -0.399 e. The first-order valence-electron chi connectivity index (χ1n) is 8.95. The van der Waals surface area contributed by atoms with Crippen molar-refractivity contribution in [1.82, 2.24) is 14.9 Å². The van der Waals surface area contributed by atoms with E-state index in [1.54, 1.807) is 0 Å². The number of rotatable bonds is 3. The lowest BCUT2D eigenvalue weighted by molar-refractivity contribution is 0.242. The van der Waals surface area contributed by atoms with Crippen LogP contribution in [0.1, 0.15) is 22.4 Å². The summed E-state index contributed by atoms with van der Waals surface area (Å²) in [6, 6.07) is 13.5. The second kappa shape index (κ2) is 7.18. The predicted octanol–water partition coefficient (Wildman–Crippen LogP) is 3.54. The number of hydrogen-bond donors (Lipinski definition) is 2. The molecule has 1 aromatic heterocycles. The number of fused-ring (bicyclic) bond motifs is 1. The molecule has 0 unspecified atom stereocenters. The molecule has 3 N–H and O–H groups in total. The Kier molecular flexibility index (Phi) is 4.72. The van der Waals surface area contributed by atoms with Crippen molar-refractivity contribution in [3.63, 3.8) is 0 Å². The Hall–Kier alpha value is -2.63. The molecular formula is C21H21ClN4O. The van der Waals surface area contributed by atoms with Crippen LogP contribution in [0, 0.1) is 6.92 Å². The molecule has 0 atom stereocenters. The van der Waals surface area contributed by atoms with E-state index in [4.69, 9.17) is 22.3 Å². The fourth-order valence-corrected chi connectivity index (χ4v) is 3.59. The zero-order chi connectivity index (χ0) is 19.0. The number of aryl methyl sites for hydroxylation is 1. The number of nitrogens with zero attached hydrogens (tertiary/aromatic N) is 2. The molecule has 5 nitrogen and oxygen atoms in total. The molecule has 0 fully saturated rings. The Morgan fingerprint density at radius 1 is 1.22 bits per heavy atom. The number of halogens is 1. The summed E-state index contributed by atoms with van der Waals surface area (Å²) < 4.78 is 0. The highest BCUT2D eigenvalue weighted by Crippen LogP contribution is 2.22. The maximum Gasteiger partial charge on any atom is 0.255 e. The SMILES string of the molecule is Cc1ccc(CN2CCc3nc(-c4ccc(N)cc4)[nH]c(=O)c3C2)cc1Cl. The van der Waals surface area contributed by atoms with Crippen molar-refractivity contribution < 1.29 is 0 Å². The highest BCUT2D eigenvalue weighted by Gasteiger charge is 2.21. The fraction of sp³-hybridized carbons (Fsp3) is 0.238. The van der Waals surface area contributed by atoms with E-state index < -0.39 is 0 Å². The standard InChI is InChI=1S/C21H21ClN4O/c1-13-2-3-14(10-18(13)22)11-26-9-8-19-17(12-26)21(27)25-20(24-19)15-4-6-16(23)7-5-15/h2-7,10H,8-9,11-12,23H2,1H3,(H,24,25,27). The summed E-state index contributed by atoms with van der Waals surface area (Å²) in [7, 11) is 0. The van der Waals surface area contributed by atoms with Crippen LogP contribution in [0.2, 0.25) is 5.02 Å². The number of benzene rings is 2. The van der Waals surface area contributed by atoms with E-state index in [1.165, 1.54) is 0 Å². The van der Waals surface area contributed by atoms with Gasteiger partial charge < -0.3 is 10.7 Å². The van der Waals surface area contributed by atoms with Crippen molar-refractivity contribution in [2.24, 2.45) is 0 Å². The van der Waals surface area contributed by atoms with E-state index in [9.17, 15) is 4.79 Å². The van der Waals surface area contributed by atoms with Crippen molar-refractivity contribution >= 4 is 17.3 Å². The van der Waals surface area contributed by atoms with Gasteiger partial charge in [-0.05, 0) is 48.4 Å². The van der Waals surface area contributed by atoms with Gasteiger partial charge in [0.1, 0.15) is 5.82 Å². The molecule has 138 valence electrons. The molecular weight excluding hydrogens is 360 g/mol. The Bertz CT molecular complexity index is 1040. The Balaban J connectivity index is 1.57. The first kappa shape index (κ1) is 17.8. The van der Waals surface area contributed by atoms with Crippen molar-refractivity contribution in [3.05, 3.63) is 80.2 Å². The molecule has 4 rings (SSSR count). The second-order valence-corrected chi connectivity index (χ2v) is 7.41. The Morgan fingerprint density at radius 2 is 2.00 bits per heavy atom. The molecule has 0 spiro atoms. The van der Waals surface area contributed by atoms with Crippen molar-refractivity contribution in [1.29, 1.82) is 0 Å². The Labute approximate surface area is 162 Å². The summed E-state index contributed by atoms with van der Waals surface area (Å²) >= 11 is 6.23. The van der Waals surface area contributed by atoms with Crippen molar-refractivity contribution in [2.75, 3.05) is 12.3 Å². The van der Waals surface area contributed by atoms with Crippen LogP contribution in [0.5, 0.6) is 0 Å². The van der Waals surface area contributed by atoms with Crippen LogP contribution in [0.4, 0.5) is 5.69 Å². The third kappa shape index (κ3) is 3.75. The largest absolute Gasteiger partial charge is 0.399 e. The van der Waals surface area contributed by atoms with Gasteiger partial charge >= 0.3 is 0 Å². The van der Waals surface area contributed by atoms with Crippen LogP contribution in [0.3, 0.4) is 0 Å². The van der Waals surface area contributed by atoms with Gasteiger partial charge in [-0.25, -0.2) is 4.98 Å². The fourth-order valence-electron chi connectivity index (χ4n) is 3.39. The lowest BCUT2D eigenvalue weighted by Gasteiger charge is -2.27. The van der Waals surface area contributed by atoms with E-state index in [2.05, 4.69) is 16.0 Å². The molecule has 0 radical (unpaired) electrons. The second-order valence-electron chi connectivity index (χ2n) is 7.01. The van der Waals surface area contributed by atoms with Crippen LogP contribution in [-0.2, 0) is 19.5 Å². The lowest BCUT2D eigenvalue weighted by atomic mass is 10.0. The number of nitrogens with one attached hydrogen (secondary N) is 1. The third-order valence-electron chi connectivity index (χ3n) is 4.97. The molecule has 0 amide bonds. The summed E-state index contributed by atoms with van der Waals surface area (Å²) in [5.74, 6) is 0.595. The van der Waals surface area contributed by atoms with Crippen LogP contribution < -0.4 is 11.3 Å². The maximum atomic E-state index is 12.7. The molecule has 3 aromatic rings. The van der Waals surface area contributed by atoms with Gasteiger partial charge in [0.25, 0.3) is 5.56 Å². The van der Waals surface area contributed by atoms with Crippen LogP contribution >= 0.6 is 11.6 Å². The number of nitrogens with two attached hydrogens (primary N) is 1. The van der Waals surface area contributed by atoms with Crippen molar-refractivity contribution in [2.45, 2.75) is 26.4 Å². The number of nitrogen functional groups attached to an aromatic ring is 1. The van der Waals surface area contributed by atoms with Gasteiger partial charge in [-0.2, -0.15) is 0 Å². The minimum atomic E-state index is -0.0709. The van der Waals surface area contributed by atoms with Gasteiger partial charge in [0.15, 0.2) is 0 Å². The maximum absolute atomic E-state index is 12.7. The van der Waals surface area contributed by atoms with Gasteiger partial charge in [0, 0.05) is 42.3 Å². The van der Waals surface area contributed by atoms with E-state index in [0.29, 0.717) is 18.1 Å². The summed E-state index contributed by atoms with van der Waals surface area (Å²) in [4.78, 5) is 22.5. The van der Waals surface area contributed by atoms with E-state index in [0.717, 1.165) is 52.5 Å². The van der Waals surface area contributed by atoms with Gasteiger partial charge in [-0.15, -0.1) is 0 Å². The normalized spacial score (nSPS) is 14.1. The third-order valence-corrected chi connectivity index (χ3v) is 5.38. The minimum absolute atomic E-state index is 0.0709. The topological polar surface area (TPSA) is 75.0 Å². The molecule has 0 saturated carbocycles. The molecule has 1 aliphatic rings. The summed E-state index contributed by atoms with van der Waals surface area (Å²) in [5.41, 5.74) is 11.1. The monoisotopic (exact) mass is 380 g/mol. The van der Waals surface area contributed by atoms with Crippen LogP contribution in [0.25, 0.3) is 11.4 Å². The molecule has 2 aromatic carbocycles. The van der Waals surface area contributed by atoms with E-state index in [-0.39, 0.29) is 5.56 Å². The number of hydrogen-bond acceptors (Lipinski definition) is 4. The predicted molar refractivity (Wildman–Crippen MR) is 109 cm³/mol. The number of anilines is 1. The number of aromatic nitrogens is 2. The quantitative estimate of drug-likeness (QED) is 0.681. The van der Waals surface area contributed by atoms with Crippen LogP contribution in [-0.4, -0.2) is 21.4 Å². The van der Waals surface area contributed by atoms with Crippen molar-refractivity contribution in [3.8, 4) is 11.4 Å². The van der Waals surface area contributed by atoms with Gasteiger partial charge in [-0.3, -0.25) is 9.69 Å². The molecule has 0 bridgehead atoms. The lowest BCUT2D eigenvalue weighted by Crippen LogP contribution is -2.35. The first-order chi connectivity index (χ1) is 13.0. The summed E-state index contributed by atoms with van der Waals surface area (Å²) in [6.45, 7) is 4.20. The number of aromatic amines is 1. The van der Waals surface area contributed by atoms with Gasteiger partial charge in [-0.1, -0.05) is 23.7 Å². The average Bonchev–Trinajstić information content (AvgIpc) is 2.66. The highest BCUT2D eigenvalue weighted by atomic mass is 35.5. The zero-order valence-corrected chi connectivity index (χ0v) is 15.9. The van der Waals surface area contributed by atoms with Gasteiger partial charge in [0.2, 0.25) is 0 Å².